The van der Waals surface area contributed by atoms with E-state index in [1.165, 1.54) is 25.7 Å². The third kappa shape index (κ3) is 40.9. The van der Waals surface area contributed by atoms with Crippen LogP contribution in [0.15, 0.2) is 122 Å². The first-order chi connectivity index (χ1) is 29.6. The van der Waals surface area contributed by atoms with Crippen LogP contribution in [0.1, 0.15) is 142 Å². The molecule has 0 heterocycles. The summed E-state index contributed by atoms with van der Waals surface area (Å²) in [7, 11) is 5.36. The fraction of sp³-hybridized carbons (Fsp3) is 0.566. The fourth-order valence-corrected chi connectivity index (χ4v) is 5.78. The summed E-state index contributed by atoms with van der Waals surface area (Å²) < 4.78 is 17.1. The average molecular weight is 846 g/mol. The lowest BCUT2D eigenvalue weighted by Crippen LogP contribution is -2.55. The van der Waals surface area contributed by atoms with Gasteiger partial charge in [-0.1, -0.05) is 148 Å². The minimum atomic E-state index is -1.15. The van der Waals surface area contributed by atoms with Gasteiger partial charge in [0.05, 0.1) is 40.3 Å². The second-order valence-corrected chi connectivity index (χ2v) is 15.9. The summed E-state index contributed by atoms with van der Waals surface area (Å²) in [6, 6.07) is -0.752. The van der Waals surface area contributed by atoms with E-state index in [0.29, 0.717) is 12.8 Å². The van der Waals surface area contributed by atoms with Crippen LogP contribution in [0.25, 0.3) is 0 Å². The second-order valence-electron chi connectivity index (χ2n) is 15.9. The average Bonchev–Trinajstić information content (AvgIpc) is 3.22. The van der Waals surface area contributed by atoms with E-state index in [1.807, 2.05) is 0 Å². The minimum absolute atomic E-state index is 0.00863. The van der Waals surface area contributed by atoms with Gasteiger partial charge in [0.25, 0.3) is 0 Å². The lowest BCUT2D eigenvalue weighted by molar-refractivity contribution is -0.889. The Morgan fingerprint density at radius 1 is 0.508 bits per heavy atom. The Kier molecular flexibility index (Phi) is 39.5. The zero-order valence-corrected chi connectivity index (χ0v) is 38.8. The molecule has 0 fully saturated rings. The van der Waals surface area contributed by atoms with Gasteiger partial charge >= 0.3 is 11.9 Å². The standard InChI is InChI=1S/C53H83NO7/c1-6-8-10-12-14-16-18-20-22-24-25-26-28-30-32-34-36-38-40-42-44-52(56)61-49(47-59-46-45-50(53(57)58)54(3,4)5)48-60-51(55)43-41-39-37-35-33-31-29-27-23-21-19-17-15-13-11-9-7-2/h8,10,14-17,20-23,25-26,29-32,35-38,49-50H,6-7,9,11-13,18-19,24,27-28,33-34,39-48H2,1-5H3/b10-8+,16-14+,17-15+,22-20+,23-21+,26-25+,31-29+,32-30+,37-35+,38-36+. The molecule has 0 aliphatic carbocycles. The van der Waals surface area contributed by atoms with E-state index in [1.54, 1.807) is 21.1 Å². The number of unbranched alkanes of at least 4 members (excludes halogenated alkanes) is 5. The number of allylic oxidation sites excluding steroid dienone is 20. The lowest BCUT2D eigenvalue weighted by Gasteiger charge is -2.34. The first-order valence-corrected chi connectivity index (χ1v) is 23.1. The maximum Gasteiger partial charge on any atom is 0.306 e. The number of likely N-dealkylation sites (N-methyl/N-ethyl adjacent to an activating group) is 1. The van der Waals surface area contributed by atoms with E-state index in [2.05, 4.69) is 135 Å². The van der Waals surface area contributed by atoms with E-state index in [-0.39, 0.29) is 49.5 Å². The fourth-order valence-electron chi connectivity index (χ4n) is 5.78. The highest BCUT2D eigenvalue weighted by atomic mass is 16.6. The molecule has 0 aromatic heterocycles. The Balaban J connectivity index is 4.55. The summed E-state index contributed by atoms with van der Waals surface area (Å²) in [5, 5.41) is 11.6. The molecule has 0 saturated heterocycles. The summed E-state index contributed by atoms with van der Waals surface area (Å²) in [5.41, 5.74) is 0. The molecule has 0 aromatic carbocycles. The van der Waals surface area contributed by atoms with Crippen molar-refractivity contribution < 1.29 is 38.2 Å². The minimum Gasteiger partial charge on any atom is -0.544 e. The van der Waals surface area contributed by atoms with Crippen molar-refractivity contribution in [3.05, 3.63) is 122 Å². The number of nitrogens with zero attached hydrogens (tertiary/aromatic N) is 1. The largest absolute Gasteiger partial charge is 0.544 e. The van der Waals surface area contributed by atoms with Crippen molar-refractivity contribution >= 4 is 17.9 Å². The van der Waals surface area contributed by atoms with Crippen molar-refractivity contribution in [2.45, 2.75) is 154 Å². The van der Waals surface area contributed by atoms with E-state index in [0.717, 1.165) is 70.6 Å². The van der Waals surface area contributed by atoms with Gasteiger partial charge in [0.1, 0.15) is 12.6 Å². The molecule has 61 heavy (non-hydrogen) atoms. The number of carboxylic acid groups (broad SMARTS) is 1. The summed E-state index contributed by atoms with van der Waals surface area (Å²) in [6.07, 6.45) is 59.5. The molecule has 0 saturated carbocycles. The maximum atomic E-state index is 12.7. The van der Waals surface area contributed by atoms with Crippen molar-refractivity contribution in [2.24, 2.45) is 0 Å². The highest BCUT2D eigenvalue weighted by Crippen LogP contribution is 2.10. The maximum absolute atomic E-state index is 12.7. The molecule has 0 aromatic rings. The number of rotatable bonds is 39. The normalized spacial score (nSPS) is 14.0. The Hall–Kier alpha value is -4.27. The number of carbonyl (C=O) groups excluding carboxylic acids is 3. The number of carboxylic acids is 1. The molecule has 8 heteroatoms. The SMILES string of the molecule is CC/C=C/C/C=C/C/C=C/C/C=C/C/C=C/C/C=C/CCCC(=O)OC(COCCC(C(=O)[O-])[N+](C)(C)C)COC(=O)CCC/C=C/C/C=C/C/C=C/C/C=C/CCCCC. The van der Waals surface area contributed by atoms with Gasteiger partial charge in [-0.3, -0.25) is 9.59 Å². The number of ether oxygens (including phenoxy) is 3. The van der Waals surface area contributed by atoms with E-state index >= 15 is 0 Å². The molecule has 0 aliphatic rings. The second kappa shape index (κ2) is 42.4. The van der Waals surface area contributed by atoms with Crippen LogP contribution >= 0.6 is 0 Å². The van der Waals surface area contributed by atoms with Crippen LogP contribution in [-0.4, -0.2) is 75.5 Å². The van der Waals surface area contributed by atoms with Crippen molar-refractivity contribution in [3.63, 3.8) is 0 Å². The Labute approximate surface area is 371 Å². The number of aliphatic carboxylic acids is 1. The Bertz CT molecular complexity index is 1400. The van der Waals surface area contributed by atoms with E-state index < -0.39 is 24.1 Å². The van der Waals surface area contributed by atoms with Crippen LogP contribution in [0, 0.1) is 0 Å². The molecule has 0 radical (unpaired) electrons. The quantitative estimate of drug-likeness (QED) is 0.0263. The van der Waals surface area contributed by atoms with Crippen molar-refractivity contribution in [3.8, 4) is 0 Å². The van der Waals surface area contributed by atoms with Crippen LogP contribution in [0.5, 0.6) is 0 Å². The van der Waals surface area contributed by atoms with Crippen LogP contribution in [0.3, 0.4) is 0 Å². The molecular weight excluding hydrogens is 763 g/mol. The Morgan fingerprint density at radius 2 is 0.902 bits per heavy atom. The molecule has 0 aliphatic heterocycles. The van der Waals surface area contributed by atoms with Gasteiger partial charge in [0.15, 0.2) is 6.10 Å². The third-order valence-electron chi connectivity index (χ3n) is 9.33. The topological polar surface area (TPSA) is 102 Å². The summed E-state index contributed by atoms with van der Waals surface area (Å²) in [4.78, 5) is 36.9. The van der Waals surface area contributed by atoms with Gasteiger partial charge < -0.3 is 28.6 Å². The molecule has 0 rings (SSSR count). The van der Waals surface area contributed by atoms with Crippen LogP contribution in [0.2, 0.25) is 0 Å². The molecule has 0 spiro atoms. The van der Waals surface area contributed by atoms with Crippen molar-refractivity contribution in [2.75, 3.05) is 41.0 Å². The predicted molar refractivity (Wildman–Crippen MR) is 254 cm³/mol. The first kappa shape index (κ1) is 56.7. The van der Waals surface area contributed by atoms with Crippen LogP contribution < -0.4 is 5.11 Å². The van der Waals surface area contributed by atoms with Gasteiger partial charge in [-0.25, -0.2) is 0 Å². The van der Waals surface area contributed by atoms with Crippen LogP contribution in [-0.2, 0) is 28.6 Å². The summed E-state index contributed by atoms with van der Waals surface area (Å²) >= 11 is 0. The van der Waals surface area contributed by atoms with Gasteiger partial charge in [-0.2, -0.15) is 0 Å². The molecule has 342 valence electrons. The highest BCUT2D eigenvalue weighted by molar-refractivity contribution is 5.70. The zero-order valence-electron chi connectivity index (χ0n) is 38.8. The lowest BCUT2D eigenvalue weighted by atomic mass is 10.1. The summed E-state index contributed by atoms with van der Waals surface area (Å²) in [5.74, 6) is -1.90. The molecule has 8 nitrogen and oxygen atoms in total. The van der Waals surface area contributed by atoms with Gasteiger partial charge in [0.2, 0.25) is 0 Å². The van der Waals surface area contributed by atoms with Gasteiger partial charge in [0, 0.05) is 19.3 Å². The molecular formula is C53H83NO7. The van der Waals surface area contributed by atoms with Gasteiger partial charge in [-0.15, -0.1) is 0 Å². The number of hydrogen-bond acceptors (Lipinski definition) is 7. The summed E-state index contributed by atoms with van der Waals surface area (Å²) in [6.45, 7) is 4.37. The number of esters is 2. The highest BCUT2D eigenvalue weighted by Gasteiger charge is 2.25. The molecule has 2 unspecified atom stereocenters. The molecule has 0 amide bonds. The van der Waals surface area contributed by atoms with E-state index in [9.17, 15) is 19.5 Å². The zero-order chi connectivity index (χ0) is 44.9. The molecule has 0 N–H and O–H groups in total. The van der Waals surface area contributed by atoms with E-state index in [4.69, 9.17) is 14.2 Å². The first-order valence-electron chi connectivity index (χ1n) is 23.1. The number of quaternary nitrogens is 1. The Morgan fingerprint density at radius 3 is 1.30 bits per heavy atom. The van der Waals surface area contributed by atoms with Gasteiger partial charge in [-0.05, 0) is 96.3 Å². The smallest absolute Gasteiger partial charge is 0.306 e. The molecule has 2 atom stereocenters. The predicted octanol–water partition coefficient (Wildman–Crippen LogP) is 11.7. The molecule has 0 bridgehead atoms. The monoisotopic (exact) mass is 846 g/mol. The third-order valence-corrected chi connectivity index (χ3v) is 9.33. The van der Waals surface area contributed by atoms with Crippen LogP contribution in [0.4, 0.5) is 0 Å². The number of hydrogen-bond donors (Lipinski definition) is 0. The number of carbonyl (C=O) groups is 3. The van der Waals surface area contributed by atoms with Crippen molar-refractivity contribution in [1.29, 1.82) is 0 Å². The van der Waals surface area contributed by atoms with Crippen molar-refractivity contribution in [1.82, 2.24) is 0 Å².